The molecule has 0 N–H and O–H groups in total. The molecule has 19 heavy (non-hydrogen) atoms. The molecule has 102 valence electrons. The average Bonchev–Trinajstić information content (AvgIpc) is 2.46. The Hall–Kier alpha value is -2.22. The lowest BCUT2D eigenvalue weighted by molar-refractivity contribution is -0.390. The van der Waals surface area contributed by atoms with E-state index in [1.807, 2.05) is 0 Å². The molecular weight excluding hydrogens is 254 g/mol. The molecule has 1 fully saturated rings. The maximum atomic E-state index is 11.8. The molecular formula is C11H13N3O5. The summed E-state index contributed by atoms with van der Waals surface area (Å²) in [6.45, 7) is 1.78. The van der Waals surface area contributed by atoms with E-state index in [4.69, 9.17) is 9.47 Å². The smallest absolute Gasteiger partial charge is 0.406 e. The van der Waals surface area contributed by atoms with Gasteiger partial charge in [0.1, 0.15) is 6.20 Å². The van der Waals surface area contributed by atoms with Gasteiger partial charge < -0.3 is 24.5 Å². The molecule has 0 radical (unpaired) electrons. The van der Waals surface area contributed by atoms with Crippen molar-refractivity contribution < 1.29 is 19.2 Å². The van der Waals surface area contributed by atoms with Crippen molar-refractivity contribution in [1.82, 2.24) is 9.88 Å². The van der Waals surface area contributed by atoms with E-state index in [1.54, 1.807) is 4.90 Å². The number of nitrogens with zero attached hydrogens (tertiary/aromatic N) is 3. The van der Waals surface area contributed by atoms with Crippen molar-refractivity contribution in [3.05, 3.63) is 28.4 Å². The number of hydrogen-bond acceptors (Lipinski definition) is 6. The standard InChI is InChI=1S/C11H13N3O5/c15-10(13-4-6-18-7-5-13)8-19-9-2-1-3-12-11(9)14(16)17/h1-3H,4-8H2. The zero-order valence-corrected chi connectivity index (χ0v) is 10.2. The van der Waals surface area contributed by atoms with Gasteiger partial charge in [-0.05, 0) is 22.0 Å². The van der Waals surface area contributed by atoms with Crippen LogP contribution in [0.2, 0.25) is 0 Å². The first-order valence-electron chi connectivity index (χ1n) is 5.76. The zero-order chi connectivity index (χ0) is 13.7. The molecule has 0 atom stereocenters. The summed E-state index contributed by atoms with van der Waals surface area (Å²) in [4.78, 5) is 27.1. The molecule has 0 unspecified atom stereocenters. The lowest BCUT2D eigenvalue weighted by Gasteiger charge is -2.26. The van der Waals surface area contributed by atoms with Crippen LogP contribution in [0.5, 0.6) is 5.75 Å². The van der Waals surface area contributed by atoms with Crippen LogP contribution in [0.3, 0.4) is 0 Å². The first-order valence-corrected chi connectivity index (χ1v) is 5.76. The Balaban J connectivity index is 1.94. The number of rotatable bonds is 4. The molecule has 1 aliphatic rings. The van der Waals surface area contributed by atoms with Crippen molar-refractivity contribution in [2.45, 2.75) is 0 Å². The molecule has 0 saturated carbocycles. The molecule has 8 heteroatoms. The number of carbonyl (C=O) groups excluding carboxylic acids is 1. The number of ether oxygens (including phenoxy) is 2. The predicted octanol–water partition coefficient (Wildman–Crippen LogP) is 0.227. The second-order valence-corrected chi connectivity index (χ2v) is 3.86. The van der Waals surface area contributed by atoms with Crippen LogP contribution in [-0.2, 0) is 9.53 Å². The van der Waals surface area contributed by atoms with Crippen molar-refractivity contribution in [2.24, 2.45) is 0 Å². The number of hydrogen-bond donors (Lipinski definition) is 0. The molecule has 1 saturated heterocycles. The third kappa shape index (κ3) is 3.38. The van der Waals surface area contributed by atoms with E-state index in [0.717, 1.165) is 0 Å². The minimum Gasteiger partial charge on any atom is -0.476 e. The van der Waals surface area contributed by atoms with Crippen LogP contribution in [0.4, 0.5) is 5.82 Å². The van der Waals surface area contributed by atoms with Gasteiger partial charge in [-0.3, -0.25) is 4.79 Å². The Morgan fingerprint density at radius 2 is 2.26 bits per heavy atom. The van der Waals surface area contributed by atoms with E-state index < -0.39 is 10.7 Å². The van der Waals surface area contributed by atoms with Gasteiger partial charge in [-0.25, -0.2) is 0 Å². The number of pyridine rings is 1. The molecule has 0 aromatic carbocycles. The third-order valence-electron chi connectivity index (χ3n) is 2.64. The molecule has 1 aliphatic heterocycles. The highest BCUT2D eigenvalue weighted by Crippen LogP contribution is 2.22. The fraction of sp³-hybridized carbons (Fsp3) is 0.455. The first kappa shape index (κ1) is 13.2. The highest BCUT2D eigenvalue weighted by Gasteiger charge is 2.20. The van der Waals surface area contributed by atoms with Crippen molar-refractivity contribution in [2.75, 3.05) is 32.9 Å². The normalized spacial score (nSPS) is 15.1. The maximum Gasteiger partial charge on any atom is 0.406 e. The largest absolute Gasteiger partial charge is 0.476 e. The minimum absolute atomic E-state index is 0.00545. The third-order valence-corrected chi connectivity index (χ3v) is 2.64. The Kier molecular flexibility index (Phi) is 4.24. The Morgan fingerprint density at radius 3 is 2.95 bits per heavy atom. The quantitative estimate of drug-likeness (QED) is 0.572. The van der Waals surface area contributed by atoms with Gasteiger partial charge in [0.05, 0.1) is 13.2 Å². The number of amides is 1. The van der Waals surface area contributed by atoms with Crippen molar-refractivity contribution in [3.63, 3.8) is 0 Å². The summed E-state index contributed by atoms with van der Waals surface area (Å²) in [6, 6.07) is 2.93. The van der Waals surface area contributed by atoms with Crippen LogP contribution in [-0.4, -0.2) is 53.6 Å². The summed E-state index contributed by atoms with van der Waals surface area (Å²) in [6.07, 6.45) is 1.30. The molecule has 0 bridgehead atoms. The van der Waals surface area contributed by atoms with E-state index >= 15 is 0 Å². The van der Waals surface area contributed by atoms with Crippen molar-refractivity contribution in [3.8, 4) is 5.75 Å². The van der Waals surface area contributed by atoms with Crippen LogP contribution in [0, 0.1) is 10.1 Å². The Labute approximate surface area is 109 Å². The van der Waals surface area contributed by atoms with Gasteiger partial charge in [-0.2, -0.15) is 0 Å². The first-order chi connectivity index (χ1) is 9.18. The molecule has 0 spiro atoms. The van der Waals surface area contributed by atoms with Crippen molar-refractivity contribution in [1.29, 1.82) is 0 Å². The maximum absolute atomic E-state index is 11.8. The number of carbonyl (C=O) groups is 1. The summed E-state index contributed by atoms with van der Waals surface area (Å²) >= 11 is 0. The van der Waals surface area contributed by atoms with E-state index in [9.17, 15) is 14.9 Å². The summed E-state index contributed by atoms with van der Waals surface area (Å²) < 4.78 is 10.3. The van der Waals surface area contributed by atoms with E-state index in [1.165, 1.54) is 18.3 Å². The number of morpholine rings is 1. The molecule has 0 aliphatic carbocycles. The van der Waals surface area contributed by atoms with Gasteiger partial charge in [0, 0.05) is 13.1 Å². The van der Waals surface area contributed by atoms with Gasteiger partial charge in [-0.15, -0.1) is 0 Å². The van der Waals surface area contributed by atoms with E-state index in [0.29, 0.717) is 26.3 Å². The minimum atomic E-state index is -0.644. The lowest BCUT2D eigenvalue weighted by atomic mass is 10.4. The second kappa shape index (κ2) is 6.10. The van der Waals surface area contributed by atoms with Gasteiger partial charge in [-0.1, -0.05) is 0 Å². The molecule has 1 aromatic rings. The van der Waals surface area contributed by atoms with Crippen LogP contribution >= 0.6 is 0 Å². The Morgan fingerprint density at radius 1 is 1.53 bits per heavy atom. The van der Waals surface area contributed by atoms with Crippen LogP contribution in [0.25, 0.3) is 0 Å². The summed E-state index contributed by atoms with van der Waals surface area (Å²) in [5.74, 6) is -0.618. The van der Waals surface area contributed by atoms with E-state index in [2.05, 4.69) is 4.98 Å². The van der Waals surface area contributed by atoms with Gasteiger partial charge in [0.25, 0.3) is 5.91 Å². The highest BCUT2D eigenvalue weighted by molar-refractivity contribution is 5.78. The Bertz CT molecular complexity index is 473. The fourth-order valence-corrected chi connectivity index (χ4v) is 1.68. The topological polar surface area (TPSA) is 94.8 Å². The van der Waals surface area contributed by atoms with Crippen LogP contribution in [0.15, 0.2) is 18.3 Å². The molecule has 1 aromatic heterocycles. The average molecular weight is 267 g/mol. The fourth-order valence-electron chi connectivity index (χ4n) is 1.68. The molecule has 2 heterocycles. The van der Waals surface area contributed by atoms with Gasteiger partial charge >= 0.3 is 5.82 Å². The highest BCUT2D eigenvalue weighted by atomic mass is 16.6. The second-order valence-electron chi connectivity index (χ2n) is 3.86. The van der Waals surface area contributed by atoms with Gasteiger partial charge in [0.15, 0.2) is 6.61 Å². The molecule has 8 nitrogen and oxygen atoms in total. The number of nitro groups is 1. The van der Waals surface area contributed by atoms with Crippen LogP contribution < -0.4 is 4.74 Å². The van der Waals surface area contributed by atoms with Crippen molar-refractivity contribution >= 4 is 11.7 Å². The monoisotopic (exact) mass is 267 g/mol. The lowest BCUT2D eigenvalue weighted by Crippen LogP contribution is -2.43. The zero-order valence-electron chi connectivity index (χ0n) is 10.2. The summed E-state index contributed by atoms with van der Waals surface area (Å²) in [7, 11) is 0. The molecule has 2 rings (SSSR count). The molecule has 1 amide bonds. The van der Waals surface area contributed by atoms with Gasteiger partial charge in [0.2, 0.25) is 5.75 Å². The SMILES string of the molecule is O=C(COc1cccnc1[N+](=O)[O-])N1CCOCC1. The predicted molar refractivity (Wildman–Crippen MR) is 63.8 cm³/mol. The number of aromatic nitrogens is 1. The summed E-state index contributed by atoms with van der Waals surface area (Å²) in [5, 5.41) is 10.7. The van der Waals surface area contributed by atoms with E-state index in [-0.39, 0.29) is 18.3 Å². The summed E-state index contributed by atoms with van der Waals surface area (Å²) in [5.41, 5.74) is 0. The van der Waals surface area contributed by atoms with Crippen LogP contribution in [0.1, 0.15) is 0 Å².